The van der Waals surface area contributed by atoms with Gasteiger partial charge in [0.2, 0.25) is 0 Å². The Morgan fingerprint density at radius 3 is 2.55 bits per heavy atom. The van der Waals surface area contributed by atoms with Crippen LogP contribution in [0.3, 0.4) is 0 Å². The van der Waals surface area contributed by atoms with Gasteiger partial charge in [-0.25, -0.2) is 9.78 Å². The zero-order valence-electron chi connectivity index (χ0n) is 17.0. The van der Waals surface area contributed by atoms with Crippen molar-refractivity contribution in [2.24, 2.45) is 14.1 Å². The van der Waals surface area contributed by atoms with Gasteiger partial charge in [-0.15, -0.1) is 0 Å². The van der Waals surface area contributed by atoms with Crippen LogP contribution >= 0.6 is 11.8 Å². The van der Waals surface area contributed by atoms with E-state index in [1.807, 2.05) is 42.8 Å². The molecule has 0 spiro atoms. The van der Waals surface area contributed by atoms with Gasteiger partial charge in [0.1, 0.15) is 11.4 Å². The van der Waals surface area contributed by atoms with E-state index in [0.717, 1.165) is 25.9 Å². The fourth-order valence-electron chi connectivity index (χ4n) is 3.06. The molecule has 0 aliphatic heterocycles. The van der Waals surface area contributed by atoms with Crippen LogP contribution in [0.5, 0.6) is 0 Å². The predicted molar refractivity (Wildman–Crippen MR) is 114 cm³/mol. The van der Waals surface area contributed by atoms with Crippen LogP contribution in [0.2, 0.25) is 0 Å². The predicted octanol–water partition coefficient (Wildman–Crippen LogP) is 1.83. The minimum Gasteiger partial charge on any atom is -0.384 e. The highest BCUT2D eigenvalue weighted by molar-refractivity contribution is 8.00. The molecule has 152 valence electrons. The Kier molecular flexibility index (Phi) is 5.52. The summed E-state index contributed by atoms with van der Waals surface area (Å²) in [5.41, 5.74) is 7.71. The van der Waals surface area contributed by atoms with Crippen molar-refractivity contribution < 1.29 is 4.79 Å². The van der Waals surface area contributed by atoms with Gasteiger partial charge in [0.05, 0.1) is 10.9 Å². The minimum absolute atomic E-state index is 0.131. The zero-order chi connectivity index (χ0) is 21.5. The van der Waals surface area contributed by atoms with Gasteiger partial charge in [0.15, 0.2) is 10.9 Å². The van der Waals surface area contributed by atoms with Gasteiger partial charge in [0.25, 0.3) is 5.56 Å². The first-order valence-corrected chi connectivity index (χ1v) is 9.89. The first kappa shape index (κ1) is 20.7. The van der Waals surface area contributed by atoms with Crippen LogP contribution in [-0.2, 0) is 14.1 Å². The van der Waals surface area contributed by atoms with E-state index < -0.39 is 22.3 Å². The summed E-state index contributed by atoms with van der Waals surface area (Å²) in [6.45, 7) is 5.76. The Morgan fingerprint density at radius 1 is 1.17 bits per heavy atom. The van der Waals surface area contributed by atoms with Crippen molar-refractivity contribution in [3.05, 3.63) is 68.1 Å². The van der Waals surface area contributed by atoms with Crippen molar-refractivity contribution >= 4 is 23.4 Å². The van der Waals surface area contributed by atoms with Gasteiger partial charge in [0, 0.05) is 26.5 Å². The van der Waals surface area contributed by atoms with Gasteiger partial charge >= 0.3 is 5.69 Å². The van der Waals surface area contributed by atoms with Gasteiger partial charge in [-0.05, 0) is 38.0 Å². The van der Waals surface area contributed by atoms with E-state index in [9.17, 15) is 14.4 Å². The number of hydrogen-bond acceptors (Lipinski definition) is 6. The number of benzene rings is 1. The average molecular weight is 414 g/mol. The van der Waals surface area contributed by atoms with E-state index in [-0.39, 0.29) is 11.4 Å². The molecule has 2 aromatic heterocycles. The highest BCUT2D eigenvalue weighted by atomic mass is 32.2. The summed E-state index contributed by atoms with van der Waals surface area (Å²) in [4.78, 5) is 41.9. The molecule has 0 bridgehead atoms. The number of nitrogens with zero attached hydrogens (tertiary/aromatic N) is 4. The van der Waals surface area contributed by atoms with Crippen LogP contribution in [0.1, 0.15) is 28.4 Å². The fourth-order valence-corrected chi connectivity index (χ4v) is 4.00. The standard InChI is InChI=1S/C20H23N5O3S/c1-11-7-6-8-14(12(11)2)25-10-9-22-19(25)29-13(3)16(26)15-17(21)23(4)20(28)24(5)18(15)27/h6-10,13H,21H2,1-5H3. The minimum atomic E-state index is -0.694. The Morgan fingerprint density at radius 2 is 1.86 bits per heavy atom. The summed E-state index contributed by atoms with van der Waals surface area (Å²) in [6, 6.07) is 5.99. The molecule has 1 atom stereocenters. The number of anilines is 1. The topological polar surface area (TPSA) is 105 Å². The van der Waals surface area contributed by atoms with E-state index in [0.29, 0.717) is 5.16 Å². The number of nitrogens with two attached hydrogens (primary N) is 1. The third-order valence-electron chi connectivity index (χ3n) is 5.05. The molecule has 0 aliphatic carbocycles. The maximum Gasteiger partial charge on any atom is 0.332 e. The lowest BCUT2D eigenvalue weighted by molar-refractivity contribution is 0.0992. The molecule has 8 nitrogen and oxygen atoms in total. The zero-order valence-corrected chi connectivity index (χ0v) is 17.8. The molecule has 29 heavy (non-hydrogen) atoms. The second-order valence-electron chi connectivity index (χ2n) is 6.89. The fraction of sp³-hybridized carbons (Fsp3) is 0.300. The number of carbonyl (C=O) groups is 1. The summed E-state index contributed by atoms with van der Waals surface area (Å²) < 4.78 is 3.90. The number of hydrogen-bond donors (Lipinski definition) is 1. The number of Topliss-reactive ketones (excluding diaryl/α,β-unsaturated/α-hetero) is 1. The van der Waals surface area contributed by atoms with E-state index >= 15 is 0 Å². The van der Waals surface area contributed by atoms with E-state index in [1.54, 1.807) is 13.1 Å². The third kappa shape index (κ3) is 3.53. The van der Waals surface area contributed by atoms with Gasteiger partial charge in [-0.2, -0.15) is 0 Å². The van der Waals surface area contributed by atoms with Crippen molar-refractivity contribution in [2.75, 3.05) is 5.73 Å². The second-order valence-corrected chi connectivity index (χ2v) is 8.20. The Hall–Kier alpha value is -3.07. The van der Waals surface area contributed by atoms with E-state index in [2.05, 4.69) is 4.98 Å². The molecule has 0 radical (unpaired) electrons. The molecule has 3 rings (SSSR count). The first-order valence-electron chi connectivity index (χ1n) is 9.01. The number of nitrogen functional groups attached to an aromatic ring is 1. The Labute approximate surface area is 172 Å². The van der Waals surface area contributed by atoms with Crippen molar-refractivity contribution in [2.45, 2.75) is 31.2 Å². The van der Waals surface area contributed by atoms with Gasteiger partial charge < -0.3 is 5.73 Å². The Bertz CT molecular complexity index is 1220. The molecule has 0 fully saturated rings. The number of imidazole rings is 1. The largest absolute Gasteiger partial charge is 0.384 e. The summed E-state index contributed by atoms with van der Waals surface area (Å²) >= 11 is 1.23. The van der Waals surface area contributed by atoms with E-state index in [4.69, 9.17) is 5.73 Å². The highest BCUT2D eigenvalue weighted by Gasteiger charge is 2.26. The van der Waals surface area contributed by atoms with Crippen LogP contribution in [0.25, 0.3) is 5.69 Å². The van der Waals surface area contributed by atoms with Crippen LogP contribution in [0.15, 0.2) is 45.3 Å². The number of thioether (sulfide) groups is 1. The average Bonchev–Trinajstić information content (AvgIpc) is 3.14. The quantitative estimate of drug-likeness (QED) is 0.505. The molecule has 3 aromatic rings. The van der Waals surface area contributed by atoms with Crippen molar-refractivity contribution in [1.82, 2.24) is 18.7 Å². The summed E-state index contributed by atoms with van der Waals surface area (Å²) in [6.07, 6.45) is 3.50. The normalized spacial score (nSPS) is 12.2. The van der Waals surface area contributed by atoms with Crippen LogP contribution in [-0.4, -0.2) is 29.7 Å². The van der Waals surface area contributed by atoms with Gasteiger partial charge in [-0.1, -0.05) is 23.9 Å². The molecule has 0 aliphatic rings. The summed E-state index contributed by atoms with van der Waals surface area (Å²) in [5.74, 6) is -0.576. The smallest absolute Gasteiger partial charge is 0.332 e. The summed E-state index contributed by atoms with van der Waals surface area (Å²) in [5, 5.41) is -0.00599. The molecule has 0 amide bonds. The van der Waals surface area contributed by atoms with Crippen molar-refractivity contribution in [1.29, 1.82) is 0 Å². The van der Waals surface area contributed by atoms with Crippen LogP contribution in [0, 0.1) is 13.8 Å². The molecule has 1 unspecified atom stereocenters. The first-order chi connectivity index (χ1) is 13.6. The molecular weight excluding hydrogens is 390 g/mol. The number of carbonyl (C=O) groups excluding carboxylic acids is 1. The summed E-state index contributed by atoms with van der Waals surface area (Å²) in [7, 11) is 2.75. The maximum absolute atomic E-state index is 13.0. The van der Waals surface area contributed by atoms with Crippen molar-refractivity contribution in [3.8, 4) is 5.69 Å². The number of rotatable bonds is 5. The van der Waals surface area contributed by atoms with Crippen molar-refractivity contribution in [3.63, 3.8) is 0 Å². The van der Waals surface area contributed by atoms with Gasteiger partial charge in [-0.3, -0.25) is 23.3 Å². The number of ketones is 1. The molecular formula is C20H23N5O3S. The number of aryl methyl sites for hydroxylation is 1. The monoisotopic (exact) mass is 413 g/mol. The lowest BCUT2D eigenvalue weighted by Gasteiger charge is -2.16. The molecule has 0 saturated heterocycles. The molecule has 2 heterocycles. The second kappa shape index (κ2) is 7.75. The molecule has 1 aromatic carbocycles. The Balaban J connectivity index is 1.98. The van der Waals surface area contributed by atoms with E-state index in [1.165, 1.54) is 25.9 Å². The number of aromatic nitrogens is 4. The lowest BCUT2D eigenvalue weighted by atomic mass is 10.1. The highest BCUT2D eigenvalue weighted by Crippen LogP contribution is 2.28. The van der Waals surface area contributed by atoms with Crippen LogP contribution in [0.4, 0.5) is 5.82 Å². The lowest BCUT2D eigenvalue weighted by Crippen LogP contribution is -2.42. The van der Waals surface area contributed by atoms with Crippen LogP contribution < -0.4 is 17.0 Å². The molecule has 2 N–H and O–H groups in total. The SMILES string of the molecule is Cc1cccc(-n2ccnc2SC(C)C(=O)c2c(N)n(C)c(=O)n(C)c2=O)c1C. The molecule has 9 heteroatoms. The maximum atomic E-state index is 13.0. The molecule has 0 saturated carbocycles. The third-order valence-corrected chi connectivity index (χ3v) is 6.13.